The van der Waals surface area contributed by atoms with Crippen molar-refractivity contribution in [3.8, 4) is 6.19 Å². The van der Waals surface area contributed by atoms with Crippen molar-refractivity contribution in [1.82, 2.24) is 0 Å². The van der Waals surface area contributed by atoms with Crippen molar-refractivity contribution in [2.24, 2.45) is 0 Å². The summed E-state index contributed by atoms with van der Waals surface area (Å²) in [4.78, 5) is 7.74. The predicted octanol–water partition coefficient (Wildman–Crippen LogP) is -0.256. The molecule has 0 aliphatic rings. The van der Waals surface area contributed by atoms with Gasteiger partial charge in [-0.3, -0.25) is 0 Å². The van der Waals surface area contributed by atoms with Crippen LogP contribution in [-0.2, 0) is 0 Å². The second kappa shape index (κ2) is 1.24. The van der Waals surface area contributed by atoms with Crippen LogP contribution < -0.4 is 0 Å². The second-order valence-corrected chi connectivity index (χ2v) is 0.357. The van der Waals surface area contributed by atoms with Gasteiger partial charge < -0.3 is 10.1 Å². The molecule has 0 fully saturated rings. The van der Waals surface area contributed by atoms with E-state index in [1.54, 1.807) is 0 Å². The summed E-state index contributed by atoms with van der Waals surface area (Å²) in [6, 6.07) is 0. The third-order valence-electron chi connectivity index (χ3n) is 0.0816. The summed E-state index contributed by atoms with van der Waals surface area (Å²) < 4.78 is 0. The van der Waals surface area contributed by atoms with Crippen molar-refractivity contribution in [3.63, 3.8) is 0 Å². The van der Waals surface area contributed by atoms with E-state index in [2.05, 4.69) is 0 Å². The summed E-state index contributed by atoms with van der Waals surface area (Å²) in [5.74, 6) is 0. The van der Waals surface area contributed by atoms with Crippen molar-refractivity contribution in [2.75, 3.05) is 0 Å². The zero-order chi connectivity index (χ0) is 4.28. The van der Waals surface area contributed by atoms with Gasteiger partial charge in [-0.1, -0.05) is 0 Å². The molecule has 0 radical (unpaired) electrons. The summed E-state index contributed by atoms with van der Waals surface area (Å²) in [5, 5.41) is 16.0. The van der Waals surface area contributed by atoms with Crippen molar-refractivity contribution >= 4 is 0 Å². The van der Waals surface area contributed by atoms with Gasteiger partial charge in [0, 0.05) is 4.92 Å². The van der Waals surface area contributed by atoms with E-state index >= 15 is 0 Å². The van der Waals surface area contributed by atoms with Crippen LogP contribution in [0.2, 0.25) is 0 Å². The van der Waals surface area contributed by atoms with Gasteiger partial charge in [0.2, 0.25) is 0 Å². The van der Waals surface area contributed by atoms with Crippen molar-refractivity contribution in [3.05, 3.63) is 10.1 Å². The standard InChI is InChI=1S/CN2O2/c2-1-3(4)5. The number of nitriles is 1. The SMILES string of the molecule is N#C[N+](=O)[O-]. The molecular weight excluding hydrogens is 72.0 g/mol. The van der Waals surface area contributed by atoms with Gasteiger partial charge in [0.25, 0.3) is 0 Å². The topological polar surface area (TPSA) is 66.9 Å². The van der Waals surface area contributed by atoms with Gasteiger partial charge in [-0.05, 0) is 0 Å². The van der Waals surface area contributed by atoms with Gasteiger partial charge in [0.15, 0.2) is 5.26 Å². The Morgan fingerprint density at radius 2 is 2.20 bits per heavy atom. The molecule has 0 unspecified atom stereocenters. The first-order valence-electron chi connectivity index (χ1n) is 0.812. The monoisotopic (exact) mass is 72.0 g/mol. The summed E-state index contributed by atoms with van der Waals surface area (Å²) in [7, 11) is 0. The van der Waals surface area contributed by atoms with Crippen LogP contribution in [0.15, 0.2) is 0 Å². The van der Waals surface area contributed by atoms with Gasteiger partial charge in [-0.2, -0.15) is 0 Å². The molecule has 4 nitrogen and oxygen atoms in total. The van der Waals surface area contributed by atoms with Crippen molar-refractivity contribution in [2.45, 2.75) is 0 Å². The predicted molar refractivity (Wildman–Crippen MR) is 12.6 cm³/mol. The molecule has 0 aliphatic heterocycles. The summed E-state index contributed by atoms with van der Waals surface area (Å²) >= 11 is 0. The minimum Gasteiger partial charge on any atom is -0.349 e. The molecule has 0 aromatic heterocycles. The van der Waals surface area contributed by atoms with Crippen LogP contribution in [0.1, 0.15) is 0 Å². The van der Waals surface area contributed by atoms with Gasteiger partial charge in [0.05, 0.1) is 0 Å². The van der Waals surface area contributed by atoms with Crippen molar-refractivity contribution in [1.29, 1.82) is 5.26 Å². The fourth-order valence-corrected chi connectivity index (χ4v) is 0. The van der Waals surface area contributed by atoms with Crippen LogP contribution >= 0.6 is 0 Å². The summed E-state index contributed by atoms with van der Waals surface area (Å²) in [5.41, 5.74) is 0. The third kappa shape index (κ3) is 2.89. The molecule has 0 heterocycles. The first kappa shape index (κ1) is 3.89. The molecule has 4 heteroatoms. The first-order valence-corrected chi connectivity index (χ1v) is 0.812. The highest BCUT2D eigenvalue weighted by atomic mass is 16.6. The highest BCUT2D eigenvalue weighted by Crippen LogP contribution is 1.49. The van der Waals surface area contributed by atoms with Gasteiger partial charge in [-0.25, -0.2) is 0 Å². The second-order valence-electron chi connectivity index (χ2n) is 0.357. The lowest BCUT2D eigenvalue weighted by Crippen LogP contribution is -1.79. The average Bonchev–Trinajstić information content (AvgIpc) is 1.38. The fraction of sp³-hybridized carbons (Fsp3) is 0. The molecule has 0 atom stereocenters. The van der Waals surface area contributed by atoms with Gasteiger partial charge in [-0.15, -0.1) is 0 Å². The van der Waals surface area contributed by atoms with Crippen LogP contribution in [0.3, 0.4) is 0 Å². The Balaban J connectivity index is 3.35. The molecule has 0 bridgehead atoms. The van der Waals surface area contributed by atoms with Crippen LogP contribution in [0.25, 0.3) is 0 Å². The largest absolute Gasteiger partial charge is 0.503 e. The highest BCUT2D eigenvalue weighted by molar-refractivity contribution is 4.39. The third-order valence-corrected chi connectivity index (χ3v) is 0.0816. The van der Waals surface area contributed by atoms with E-state index in [-0.39, 0.29) is 0 Å². The Morgan fingerprint density at radius 3 is 2.20 bits per heavy atom. The Bertz CT molecular complexity index is 80.1. The van der Waals surface area contributed by atoms with E-state index in [9.17, 15) is 0 Å². The van der Waals surface area contributed by atoms with Crippen LogP contribution in [-0.4, -0.2) is 4.92 Å². The molecule has 0 saturated carbocycles. The van der Waals surface area contributed by atoms with E-state index in [4.69, 9.17) is 15.4 Å². The fourth-order valence-electron chi connectivity index (χ4n) is 0. The van der Waals surface area contributed by atoms with Crippen LogP contribution in [0, 0.1) is 21.6 Å². The highest BCUT2D eigenvalue weighted by Gasteiger charge is 1.74. The van der Waals surface area contributed by atoms with E-state index in [0.717, 1.165) is 6.19 Å². The number of rotatable bonds is 0. The lowest BCUT2D eigenvalue weighted by atomic mass is 11.4. The number of hydrogen-bond donors (Lipinski definition) is 0. The molecule has 26 valence electrons. The van der Waals surface area contributed by atoms with E-state index in [0.29, 0.717) is 0 Å². The Labute approximate surface area is 27.8 Å². The molecule has 0 aromatic carbocycles. The maximum atomic E-state index is 8.81. The minimum atomic E-state index is -1.07. The summed E-state index contributed by atoms with van der Waals surface area (Å²) in [6.07, 6.45) is 0.750. The molecule has 0 rings (SSSR count). The van der Waals surface area contributed by atoms with E-state index in [1.165, 1.54) is 0 Å². The number of nitro groups is 1. The summed E-state index contributed by atoms with van der Waals surface area (Å²) in [6.45, 7) is 0. The van der Waals surface area contributed by atoms with Crippen LogP contribution in [0.4, 0.5) is 0 Å². The molecular formula is CN2O2. The normalized spacial score (nSPS) is 5.40. The maximum Gasteiger partial charge on any atom is 0.503 e. The Hall–Kier alpha value is -1.11. The molecule has 0 N–H and O–H groups in total. The minimum absolute atomic E-state index is 0.750. The zero-order valence-electron chi connectivity index (χ0n) is 2.21. The van der Waals surface area contributed by atoms with Gasteiger partial charge >= 0.3 is 6.19 Å². The van der Waals surface area contributed by atoms with Gasteiger partial charge in [0.1, 0.15) is 0 Å². The van der Waals surface area contributed by atoms with Crippen molar-refractivity contribution < 1.29 is 4.92 Å². The molecule has 0 aromatic rings. The molecule has 0 amide bonds. The lowest BCUT2D eigenvalue weighted by Gasteiger charge is -1.64. The van der Waals surface area contributed by atoms with Crippen LogP contribution in [0.5, 0.6) is 0 Å². The molecule has 0 spiro atoms. The maximum absolute atomic E-state index is 8.81. The quantitative estimate of drug-likeness (QED) is 0.171. The molecule has 0 saturated heterocycles. The van der Waals surface area contributed by atoms with E-state index < -0.39 is 4.92 Å². The van der Waals surface area contributed by atoms with E-state index in [1.807, 2.05) is 0 Å². The first-order chi connectivity index (χ1) is 2.27. The average molecular weight is 72.0 g/mol. The lowest BCUT2D eigenvalue weighted by molar-refractivity contribution is -0.382. The smallest absolute Gasteiger partial charge is 0.349 e. The molecule has 0 aliphatic carbocycles. The Morgan fingerprint density at radius 1 is 2.00 bits per heavy atom. The zero-order valence-corrected chi connectivity index (χ0v) is 2.21. The Kier molecular flexibility index (Phi) is 0.962. The number of nitrogens with zero attached hydrogens (tertiary/aromatic N) is 2. The molecule has 5 heavy (non-hydrogen) atoms. The number of hydrogen-bond acceptors (Lipinski definition) is 3.